The topological polar surface area (TPSA) is 67.8 Å². The van der Waals surface area contributed by atoms with E-state index in [4.69, 9.17) is 0 Å². The molecule has 2 rings (SSSR count). The van der Waals surface area contributed by atoms with E-state index < -0.39 is 0 Å². The Morgan fingerprint density at radius 2 is 2.24 bits per heavy atom. The van der Waals surface area contributed by atoms with E-state index in [0.717, 1.165) is 5.56 Å². The van der Waals surface area contributed by atoms with Gasteiger partial charge in [0.1, 0.15) is 11.5 Å². The van der Waals surface area contributed by atoms with Crippen molar-refractivity contribution in [3.8, 4) is 0 Å². The molecule has 0 spiro atoms. The monoisotopic (exact) mass is 228 g/mol. The van der Waals surface area contributed by atoms with Crippen molar-refractivity contribution < 1.29 is 4.79 Å². The first-order valence-electron chi connectivity index (χ1n) is 5.22. The van der Waals surface area contributed by atoms with Gasteiger partial charge in [-0.2, -0.15) is 0 Å². The average Bonchev–Trinajstić information content (AvgIpc) is 2.37. The van der Waals surface area contributed by atoms with E-state index in [0.29, 0.717) is 18.1 Å². The van der Waals surface area contributed by atoms with Gasteiger partial charge in [-0.05, 0) is 24.6 Å². The molecule has 1 amide bonds. The normalized spacial score (nSPS) is 9.94. The summed E-state index contributed by atoms with van der Waals surface area (Å²) in [6.45, 7) is 2.19. The highest BCUT2D eigenvalue weighted by atomic mass is 16.1. The quantitative estimate of drug-likeness (QED) is 0.854. The number of aryl methyl sites for hydroxylation is 1. The molecule has 2 aromatic heterocycles. The lowest BCUT2D eigenvalue weighted by Crippen LogP contribution is -2.24. The van der Waals surface area contributed by atoms with Crippen LogP contribution in [0.3, 0.4) is 0 Å². The third-order valence-electron chi connectivity index (χ3n) is 2.18. The van der Waals surface area contributed by atoms with E-state index in [1.807, 2.05) is 12.1 Å². The van der Waals surface area contributed by atoms with Crippen LogP contribution < -0.4 is 5.32 Å². The minimum Gasteiger partial charge on any atom is -0.347 e. The molecule has 0 aromatic carbocycles. The van der Waals surface area contributed by atoms with E-state index in [9.17, 15) is 4.79 Å². The Hall–Kier alpha value is -2.30. The van der Waals surface area contributed by atoms with Crippen molar-refractivity contribution in [3.63, 3.8) is 0 Å². The van der Waals surface area contributed by atoms with E-state index in [1.165, 1.54) is 0 Å². The van der Waals surface area contributed by atoms with Crippen molar-refractivity contribution in [1.82, 2.24) is 20.3 Å². The second-order valence-corrected chi connectivity index (χ2v) is 3.53. The van der Waals surface area contributed by atoms with Crippen molar-refractivity contribution >= 4 is 5.91 Å². The number of carbonyl (C=O) groups is 1. The predicted molar refractivity (Wildman–Crippen MR) is 62.2 cm³/mol. The highest BCUT2D eigenvalue weighted by Gasteiger charge is 2.06. The Bertz CT molecular complexity index is 513. The van der Waals surface area contributed by atoms with E-state index in [-0.39, 0.29) is 5.91 Å². The number of hydrogen-bond acceptors (Lipinski definition) is 4. The molecule has 86 valence electrons. The zero-order chi connectivity index (χ0) is 12.1. The summed E-state index contributed by atoms with van der Waals surface area (Å²) in [6.07, 6.45) is 4.98. The van der Waals surface area contributed by atoms with Crippen LogP contribution in [-0.4, -0.2) is 20.9 Å². The smallest absolute Gasteiger partial charge is 0.270 e. The fourth-order valence-corrected chi connectivity index (χ4v) is 1.36. The van der Waals surface area contributed by atoms with Gasteiger partial charge in [-0.15, -0.1) is 0 Å². The van der Waals surface area contributed by atoms with Crippen molar-refractivity contribution in [2.45, 2.75) is 13.5 Å². The van der Waals surface area contributed by atoms with Gasteiger partial charge < -0.3 is 5.32 Å². The summed E-state index contributed by atoms with van der Waals surface area (Å²) < 4.78 is 0. The number of pyridine rings is 1. The Morgan fingerprint density at radius 1 is 1.35 bits per heavy atom. The second kappa shape index (κ2) is 5.16. The number of rotatable bonds is 3. The highest BCUT2D eigenvalue weighted by Crippen LogP contribution is 1.98. The maximum absolute atomic E-state index is 11.7. The SMILES string of the molecule is Cc1nccc(C(=O)NCc2cccnc2)n1. The molecule has 0 unspecified atom stereocenters. The summed E-state index contributed by atoms with van der Waals surface area (Å²) >= 11 is 0. The fraction of sp³-hybridized carbons (Fsp3) is 0.167. The molecule has 0 saturated carbocycles. The summed E-state index contributed by atoms with van der Waals surface area (Å²) in [5.41, 5.74) is 1.33. The molecular weight excluding hydrogens is 216 g/mol. The number of nitrogens with zero attached hydrogens (tertiary/aromatic N) is 3. The number of hydrogen-bond donors (Lipinski definition) is 1. The summed E-state index contributed by atoms with van der Waals surface area (Å²) in [5.74, 6) is 0.374. The van der Waals surface area contributed by atoms with Crippen LogP contribution in [0.25, 0.3) is 0 Å². The highest BCUT2D eigenvalue weighted by molar-refractivity contribution is 5.92. The molecule has 2 aromatic rings. The van der Waals surface area contributed by atoms with Gasteiger partial charge in [0.05, 0.1) is 0 Å². The number of carbonyl (C=O) groups excluding carboxylic acids is 1. The summed E-state index contributed by atoms with van der Waals surface area (Å²) in [5, 5.41) is 2.77. The summed E-state index contributed by atoms with van der Waals surface area (Å²) in [4.78, 5) is 23.7. The van der Waals surface area contributed by atoms with Crippen molar-refractivity contribution in [3.05, 3.63) is 53.9 Å². The molecule has 0 atom stereocenters. The van der Waals surface area contributed by atoms with Crippen molar-refractivity contribution in [2.24, 2.45) is 0 Å². The molecule has 0 aliphatic heterocycles. The van der Waals surface area contributed by atoms with Crippen LogP contribution >= 0.6 is 0 Å². The van der Waals surface area contributed by atoms with Gasteiger partial charge in [0, 0.05) is 25.1 Å². The molecule has 0 fully saturated rings. The Kier molecular flexibility index (Phi) is 3.40. The Balaban J connectivity index is 1.98. The lowest BCUT2D eigenvalue weighted by atomic mass is 10.3. The van der Waals surface area contributed by atoms with Gasteiger partial charge >= 0.3 is 0 Å². The number of amides is 1. The predicted octanol–water partition coefficient (Wildman–Crippen LogP) is 1.11. The minimum absolute atomic E-state index is 0.209. The molecule has 0 radical (unpaired) electrons. The lowest BCUT2D eigenvalue weighted by molar-refractivity contribution is 0.0945. The summed E-state index contributed by atoms with van der Waals surface area (Å²) in [7, 11) is 0. The van der Waals surface area contributed by atoms with Gasteiger partial charge in [-0.25, -0.2) is 9.97 Å². The van der Waals surface area contributed by atoms with Gasteiger partial charge in [-0.1, -0.05) is 6.07 Å². The van der Waals surface area contributed by atoms with Gasteiger partial charge in [0.15, 0.2) is 0 Å². The van der Waals surface area contributed by atoms with Gasteiger partial charge in [0.25, 0.3) is 5.91 Å². The molecule has 0 saturated heterocycles. The average molecular weight is 228 g/mol. The van der Waals surface area contributed by atoms with E-state index in [1.54, 1.807) is 31.6 Å². The second-order valence-electron chi connectivity index (χ2n) is 3.53. The van der Waals surface area contributed by atoms with Crippen LogP contribution in [0.1, 0.15) is 21.9 Å². The third kappa shape index (κ3) is 3.07. The lowest BCUT2D eigenvalue weighted by Gasteiger charge is -2.04. The zero-order valence-corrected chi connectivity index (χ0v) is 9.42. The van der Waals surface area contributed by atoms with Crippen LogP contribution in [-0.2, 0) is 6.54 Å². The molecular formula is C12H12N4O. The van der Waals surface area contributed by atoms with Crippen LogP contribution in [0.15, 0.2) is 36.8 Å². The molecule has 1 N–H and O–H groups in total. The van der Waals surface area contributed by atoms with E-state index in [2.05, 4.69) is 20.3 Å². The molecule has 0 aliphatic rings. The van der Waals surface area contributed by atoms with Crippen molar-refractivity contribution in [1.29, 1.82) is 0 Å². The largest absolute Gasteiger partial charge is 0.347 e. The molecule has 5 heteroatoms. The number of nitrogens with one attached hydrogen (secondary N) is 1. The van der Waals surface area contributed by atoms with Crippen LogP contribution in [0, 0.1) is 6.92 Å². The zero-order valence-electron chi connectivity index (χ0n) is 9.42. The van der Waals surface area contributed by atoms with Crippen LogP contribution in [0.5, 0.6) is 0 Å². The number of aromatic nitrogens is 3. The maximum atomic E-state index is 11.7. The minimum atomic E-state index is -0.209. The van der Waals surface area contributed by atoms with Gasteiger partial charge in [-0.3, -0.25) is 9.78 Å². The first kappa shape index (κ1) is 11.2. The maximum Gasteiger partial charge on any atom is 0.270 e. The van der Waals surface area contributed by atoms with Gasteiger partial charge in [0.2, 0.25) is 0 Å². The summed E-state index contributed by atoms with van der Waals surface area (Å²) in [6, 6.07) is 5.32. The van der Waals surface area contributed by atoms with Crippen LogP contribution in [0.4, 0.5) is 0 Å². The Labute approximate surface area is 99.0 Å². The Morgan fingerprint density at radius 3 is 2.94 bits per heavy atom. The molecule has 0 bridgehead atoms. The van der Waals surface area contributed by atoms with Crippen molar-refractivity contribution in [2.75, 3.05) is 0 Å². The third-order valence-corrected chi connectivity index (χ3v) is 2.18. The standard InChI is InChI=1S/C12H12N4O/c1-9-14-6-4-11(16-9)12(17)15-8-10-3-2-5-13-7-10/h2-7H,8H2,1H3,(H,15,17). The first-order valence-corrected chi connectivity index (χ1v) is 5.22. The molecule has 17 heavy (non-hydrogen) atoms. The van der Waals surface area contributed by atoms with E-state index >= 15 is 0 Å². The first-order chi connectivity index (χ1) is 8.25. The molecule has 0 aliphatic carbocycles. The molecule has 5 nitrogen and oxygen atoms in total. The molecule has 2 heterocycles. The fourth-order valence-electron chi connectivity index (χ4n) is 1.36. The van der Waals surface area contributed by atoms with Crippen LogP contribution in [0.2, 0.25) is 0 Å².